The van der Waals surface area contributed by atoms with E-state index in [4.69, 9.17) is 15.2 Å². The van der Waals surface area contributed by atoms with Crippen molar-refractivity contribution in [1.29, 1.82) is 0 Å². The van der Waals surface area contributed by atoms with Crippen LogP contribution in [-0.4, -0.2) is 50.8 Å². The Morgan fingerprint density at radius 1 is 1.00 bits per heavy atom. The number of ether oxygens (including phenoxy) is 2. The fourth-order valence-corrected chi connectivity index (χ4v) is 6.09. The molecule has 4 N–H and O–H groups in total. The Balaban J connectivity index is 1.80. The highest BCUT2D eigenvalue weighted by molar-refractivity contribution is 6.90. The van der Waals surface area contributed by atoms with E-state index in [2.05, 4.69) is 25.2 Å². The molecule has 0 unspecified atom stereocenters. The Morgan fingerprint density at radius 2 is 1.66 bits per heavy atom. The van der Waals surface area contributed by atoms with Crippen LogP contribution in [0.3, 0.4) is 0 Å². The molecule has 0 radical (unpaired) electrons. The molecule has 0 fully saturated rings. The summed E-state index contributed by atoms with van der Waals surface area (Å²) in [4.78, 5) is 0. The summed E-state index contributed by atoms with van der Waals surface area (Å²) in [5, 5.41) is 19.9. The molecular formula is C23H35NO4Si. The SMILES string of the molecule is COc1ccccc1[Si](C)(C)CCCOc1ccc(CCC(N)(CO)CO)cc1. The molecule has 0 saturated carbocycles. The molecule has 0 bridgehead atoms. The second-order valence-corrected chi connectivity index (χ2v) is 13.2. The van der Waals surface area contributed by atoms with E-state index in [0.717, 1.165) is 29.5 Å². The highest BCUT2D eigenvalue weighted by atomic mass is 28.3. The van der Waals surface area contributed by atoms with Crippen LogP contribution >= 0.6 is 0 Å². The highest BCUT2D eigenvalue weighted by Gasteiger charge is 2.26. The smallest absolute Gasteiger partial charge is 0.119 e. The van der Waals surface area contributed by atoms with Crippen molar-refractivity contribution in [2.75, 3.05) is 26.9 Å². The van der Waals surface area contributed by atoms with Gasteiger partial charge in [-0.05, 0) is 48.2 Å². The summed E-state index contributed by atoms with van der Waals surface area (Å²) in [6, 6.07) is 17.4. The van der Waals surface area contributed by atoms with Gasteiger partial charge in [-0.15, -0.1) is 0 Å². The third kappa shape index (κ3) is 6.85. The maximum absolute atomic E-state index is 9.28. The normalized spacial score (nSPS) is 12.1. The van der Waals surface area contributed by atoms with Gasteiger partial charge in [0.05, 0.1) is 40.5 Å². The Kier molecular flexibility index (Phi) is 8.71. The maximum atomic E-state index is 9.28. The van der Waals surface area contributed by atoms with Gasteiger partial charge in [0, 0.05) is 0 Å². The summed E-state index contributed by atoms with van der Waals surface area (Å²) in [7, 11) is 0.148. The monoisotopic (exact) mass is 417 g/mol. The van der Waals surface area contributed by atoms with Crippen LogP contribution in [0.25, 0.3) is 0 Å². The number of aliphatic hydroxyl groups is 2. The van der Waals surface area contributed by atoms with Gasteiger partial charge >= 0.3 is 0 Å². The number of aryl methyl sites for hydroxylation is 1. The van der Waals surface area contributed by atoms with Crippen molar-refractivity contribution in [1.82, 2.24) is 0 Å². The molecule has 2 rings (SSSR count). The van der Waals surface area contributed by atoms with Gasteiger partial charge in [0.25, 0.3) is 0 Å². The summed E-state index contributed by atoms with van der Waals surface area (Å²) in [5.41, 5.74) is 6.11. The van der Waals surface area contributed by atoms with Crippen LogP contribution in [0.1, 0.15) is 18.4 Å². The summed E-state index contributed by atoms with van der Waals surface area (Å²) < 4.78 is 11.5. The van der Waals surface area contributed by atoms with E-state index >= 15 is 0 Å². The minimum atomic E-state index is -1.59. The molecule has 2 aromatic rings. The molecule has 0 aromatic heterocycles. The first-order chi connectivity index (χ1) is 13.8. The third-order valence-corrected chi connectivity index (χ3v) is 8.99. The van der Waals surface area contributed by atoms with Gasteiger partial charge in [-0.2, -0.15) is 0 Å². The van der Waals surface area contributed by atoms with Crippen LogP contribution in [0, 0.1) is 0 Å². The van der Waals surface area contributed by atoms with Crippen molar-refractivity contribution in [3.05, 3.63) is 54.1 Å². The lowest BCUT2D eigenvalue weighted by Crippen LogP contribution is -2.47. The standard InChI is InChI=1S/C23H35NO4Si/c1-27-21-7-4-5-8-22(21)29(2,3)16-6-15-28-20-11-9-19(10-12-20)13-14-23(24,17-25)18-26/h4-5,7-12,25-26H,6,13-18,24H2,1-3H3. The van der Waals surface area contributed by atoms with Gasteiger partial charge in [-0.3, -0.25) is 0 Å². The number of para-hydroxylation sites is 1. The Labute approximate surface area is 175 Å². The Hall–Kier alpha value is -1.86. The molecule has 160 valence electrons. The molecule has 0 aliphatic rings. The number of benzene rings is 2. The highest BCUT2D eigenvalue weighted by Crippen LogP contribution is 2.20. The average Bonchev–Trinajstić information content (AvgIpc) is 2.75. The molecule has 0 saturated heterocycles. The van der Waals surface area contributed by atoms with Gasteiger partial charge < -0.3 is 25.4 Å². The lowest BCUT2D eigenvalue weighted by molar-refractivity contribution is 0.115. The lowest BCUT2D eigenvalue weighted by Gasteiger charge is -2.25. The van der Waals surface area contributed by atoms with Crippen molar-refractivity contribution in [2.45, 2.75) is 43.9 Å². The predicted molar refractivity (Wildman–Crippen MR) is 121 cm³/mol. The van der Waals surface area contributed by atoms with Crippen molar-refractivity contribution < 1.29 is 19.7 Å². The van der Waals surface area contributed by atoms with Crippen molar-refractivity contribution in [3.8, 4) is 11.5 Å². The predicted octanol–water partition coefficient (Wildman–Crippen LogP) is 2.69. The molecule has 0 spiro atoms. The van der Waals surface area contributed by atoms with Gasteiger partial charge in [0.2, 0.25) is 0 Å². The van der Waals surface area contributed by atoms with Crippen molar-refractivity contribution in [2.24, 2.45) is 5.73 Å². The Bertz CT molecular complexity index is 745. The largest absolute Gasteiger partial charge is 0.497 e. The van der Waals surface area contributed by atoms with Crippen LogP contribution in [-0.2, 0) is 6.42 Å². The van der Waals surface area contributed by atoms with Gasteiger partial charge in [-0.25, -0.2) is 0 Å². The molecular weight excluding hydrogens is 382 g/mol. The summed E-state index contributed by atoms with van der Waals surface area (Å²) in [5.74, 6) is 1.85. The third-order valence-electron chi connectivity index (χ3n) is 5.52. The fourth-order valence-electron chi connectivity index (χ4n) is 3.40. The fraction of sp³-hybridized carbons (Fsp3) is 0.478. The topological polar surface area (TPSA) is 84.9 Å². The first-order valence-electron chi connectivity index (χ1n) is 10.2. The van der Waals surface area contributed by atoms with Gasteiger partial charge in [-0.1, -0.05) is 49.5 Å². The van der Waals surface area contributed by atoms with E-state index in [1.54, 1.807) is 7.11 Å². The van der Waals surface area contributed by atoms with Crippen molar-refractivity contribution in [3.63, 3.8) is 0 Å². The zero-order valence-electron chi connectivity index (χ0n) is 17.9. The molecule has 0 heterocycles. The van der Waals surface area contributed by atoms with E-state index < -0.39 is 13.6 Å². The van der Waals surface area contributed by atoms with Crippen LogP contribution in [0.2, 0.25) is 19.1 Å². The van der Waals surface area contributed by atoms with Gasteiger partial charge in [0.15, 0.2) is 0 Å². The summed E-state index contributed by atoms with van der Waals surface area (Å²) >= 11 is 0. The average molecular weight is 418 g/mol. The molecule has 0 aliphatic heterocycles. The second kappa shape index (κ2) is 10.8. The molecule has 29 heavy (non-hydrogen) atoms. The Morgan fingerprint density at radius 3 is 2.28 bits per heavy atom. The van der Waals surface area contributed by atoms with E-state index in [9.17, 15) is 10.2 Å². The summed E-state index contributed by atoms with van der Waals surface area (Å²) in [6.07, 6.45) is 2.24. The number of aliphatic hydroxyl groups excluding tert-OH is 2. The molecule has 2 aromatic carbocycles. The van der Waals surface area contributed by atoms with Crippen LogP contribution in [0.4, 0.5) is 0 Å². The van der Waals surface area contributed by atoms with E-state index in [-0.39, 0.29) is 13.2 Å². The second-order valence-electron chi connectivity index (χ2n) is 8.36. The zero-order chi connectivity index (χ0) is 21.3. The first kappa shape index (κ1) is 23.4. The number of methoxy groups -OCH3 is 1. The minimum absolute atomic E-state index is 0.223. The number of hydrogen-bond acceptors (Lipinski definition) is 5. The minimum Gasteiger partial charge on any atom is -0.497 e. The molecule has 0 aliphatic carbocycles. The van der Waals surface area contributed by atoms with E-state index in [0.29, 0.717) is 19.4 Å². The maximum Gasteiger partial charge on any atom is 0.119 e. The van der Waals surface area contributed by atoms with Gasteiger partial charge in [0.1, 0.15) is 11.5 Å². The van der Waals surface area contributed by atoms with Crippen molar-refractivity contribution >= 4 is 13.3 Å². The summed E-state index contributed by atoms with van der Waals surface area (Å²) in [6.45, 7) is 4.98. The number of nitrogens with two attached hydrogens (primary N) is 1. The molecule has 0 amide bonds. The van der Waals surface area contributed by atoms with Crippen LogP contribution in [0.5, 0.6) is 11.5 Å². The lowest BCUT2D eigenvalue weighted by atomic mass is 9.94. The number of rotatable bonds is 12. The van der Waals surface area contributed by atoms with Crippen LogP contribution < -0.4 is 20.4 Å². The van der Waals surface area contributed by atoms with Crippen LogP contribution in [0.15, 0.2) is 48.5 Å². The zero-order valence-corrected chi connectivity index (χ0v) is 18.9. The molecule has 6 heteroatoms. The first-order valence-corrected chi connectivity index (χ1v) is 13.4. The number of hydrogen-bond donors (Lipinski definition) is 3. The molecule has 5 nitrogen and oxygen atoms in total. The van der Waals surface area contributed by atoms with E-state index in [1.807, 2.05) is 36.4 Å². The quantitative estimate of drug-likeness (QED) is 0.365. The molecule has 0 atom stereocenters. The van der Waals surface area contributed by atoms with E-state index in [1.165, 1.54) is 5.19 Å².